The standard InChI is InChI=1S/C21H24N4O2/c1-24-11-9-16(10-12-24)25(2)21(27)15(13-22)14-23-19-7-3-6-18-17(19)5-4-8-20(18)26/h3-8,14,16,23,26H,9-12H2,1-2H3/b15-14-. The van der Waals surface area contributed by atoms with E-state index in [1.54, 1.807) is 24.1 Å². The molecule has 0 bridgehead atoms. The van der Waals surface area contributed by atoms with E-state index in [9.17, 15) is 15.2 Å². The summed E-state index contributed by atoms with van der Waals surface area (Å²) in [5.41, 5.74) is 0.791. The maximum absolute atomic E-state index is 12.7. The fourth-order valence-electron chi connectivity index (χ4n) is 3.45. The van der Waals surface area contributed by atoms with Gasteiger partial charge in [0.05, 0.1) is 0 Å². The summed E-state index contributed by atoms with van der Waals surface area (Å²) in [6.45, 7) is 1.90. The molecule has 1 fully saturated rings. The molecule has 0 aliphatic carbocycles. The van der Waals surface area contributed by atoms with Crippen LogP contribution in [0.1, 0.15) is 12.8 Å². The molecule has 3 rings (SSSR count). The van der Waals surface area contributed by atoms with E-state index in [0.29, 0.717) is 5.39 Å². The number of phenolic OH excluding ortho intramolecular Hbond substituents is 1. The molecule has 6 heteroatoms. The summed E-state index contributed by atoms with van der Waals surface area (Å²) in [5, 5.41) is 24.0. The van der Waals surface area contributed by atoms with E-state index < -0.39 is 0 Å². The van der Waals surface area contributed by atoms with Gasteiger partial charge in [-0.1, -0.05) is 24.3 Å². The Bertz CT molecular complexity index is 908. The Morgan fingerprint density at radius 3 is 2.63 bits per heavy atom. The summed E-state index contributed by atoms with van der Waals surface area (Å²) in [4.78, 5) is 16.7. The largest absolute Gasteiger partial charge is 0.507 e. The zero-order chi connectivity index (χ0) is 19.4. The minimum absolute atomic E-state index is 0.0635. The highest BCUT2D eigenvalue weighted by Gasteiger charge is 2.25. The van der Waals surface area contributed by atoms with Gasteiger partial charge in [0.15, 0.2) is 0 Å². The normalized spacial score (nSPS) is 16.1. The van der Waals surface area contributed by atoms with E-state index in [2.05, 4.69) is 17.3 Å². The van der Waals surface area contributed by atoms with Gasteiger partial charge in [-0.3, -0.25) is 4.79 Å². The van der Waals surface area contributed by atoms with E-state index in [1.807, 2.05) is 30.3 Å². The first kappa shape index (κ1) is 18.7. The van der Waals surface area contributed by atoms with Crippen molar-refractivity contribution in [3.05, 3.63) is 48.2 Å². The maximum Gasteiger partial charge on any atom is 0.266 e. The average molecular weight is 364 g/mol. The second-order valence-electron chi connectivity index (χ2n) is 6.94. The number of likely N-dealkylation sites (N-methyl/N-ethyl adjacent to an activating group) is 1. The monoisotopic (exact) mass is 364 g/mol. The van der Waals surface area contributed by atoms with Gasteiger partial charge in [-0.25, -0.2) is 0 Å². The highest BCUT2D eigenvalue weighted by atomic mass is 16.3. The number of carbonyl (C=O) groups excluding carboxylic acids is 1. The Kier molecular flexibility index (Phi) is 5.63. The topological polar surface area (TPSA) is 79.6 Å². The van der Waals surface area contributed by atoms with Crippen LogP contribution in [0.5, 0.6) is 5.75 Å². The predicted octanol–water partition coefficient (Wildman–Crippen LogP) is 2.92. The number of fused-ring (bicyclic) bond motifs is 1. The molecule has 0 radical (unpaired) electrons. The molecule has 0 spiro atoms. The number of nitrogens with zero attached hydrogens (tertiary/aromatic N) is 3. The van der Waals surface area contributed by atoms with Crippen LogP contribution in [-0.2, 0) is 4.79 Å². The van der Waals surface area contributed by atoms with Crippen molar-refractivity contribution in [2.24, 2.45) is 0 Å². The highest BCUT2D eigenvalue weighted by molar-refractivity contribution is 6.00. The smallest absolute Gasteiger partial charge is 0.266 e. The molecule has 6 nitrogen and oxygen atoms in total. The molecule has 2 aromatic rings. The van der Waals surface area contributed by atoms with Crippen molar-refractivity contribution in [2.75, 3.05) is 32.5 Å². The summed E-state index contributed by atoms with van der Waals surface area (Å²) in [7, 11) is 3.84. The van der Waals surface area contributed by atoms with Crippen molar-refractivity contribution in [1.82, 2.24) is 9.80 Å². The lowest BCUT2D eigenvalue weighted by Crippen LogP contribution is -2.44. The molecule has 0 aromatic heterocycles. The third-order valence-electron chi connectivity index (χ3n) is 5.18. The quantitative estimate of drug-likeness (QED) is 0.644. The minimum Gasteiger partial charge on any atom is -0.507 e. The number of phenols is 1. The lowest BCUT2D eigenvalue weighted by molar-refractivity contribution is -0.128. The minimum atomic E-state index is -0.275. The summed E-state index contributed by atoms with van der Waals surface area (Å²) in [6.07, 6.45) is 3.27. The summed E-state index contributed by atoms with van der Waals surface area (Å²) in [5.74, 6) is -0.0821. The van der Waals surface area contributed by atoms with Crippen LogP contribution in [0.2, 0.25) is 0 Å². The van der Waals surface area contributed by atoms with Gasteiger partial charge in [0, 0.05) is 35.7 Å². The first-order chi connectivity index (χ1) is 13.0. The van der Waals surface area contributed by atoms with Gasteiger partial charge in [0.1, 0.15) is 17.4 Å². The molecule has 1 amide bonds. The molecule has 1 aliphatic rings. The van der Waals surface area contributed by atoms with Crippen molar-refractivity contribution in [2.45, 2.75) is 18.9 Å². The third-order valence-corrected chi connectivity index (χ3v) is 5.18. The number of rotatable bonds is 4. The van der Waals surface area contributed by atoms with Crippen LogP contribution in [0.3, 0.4) is 0 Å². The Morgan fingerprint density at radius 2 is 1.93 bits per heavy atom. The lowest BCUT2D eigenvalue weighted by Gasteiger charge is -2.35. The number of hydrogen-bond acceptors (Lipinski definition) is 5. The molecule has 1 saturated heterocycles. The van der Waals surface area contributed by atoms with Crippen LogP contribution < -0.4 is 5.32 Å². The second-order valence-corrected chi connectivity index (χ2v) is 6.94. The van der Waals surface area contributed by atoms with Gasteiger partial charge >= 0.3 is 0 Å². The maximum atomic E-state index is 12.7. The number of aromatic hydroxyl groups is 1. The molecule has 0 atom stereocenters. The van der Waals surface area contributed by atoms with Crippen molar-refractivity contribution >= 4 is 22.4 Å². The van der Waals surface area contributed by atoms with Crippen LogP contribution in [-0.4, -0.2) is 54.0 Å². The lowest BCUT2D eigenvalue weighted by atomic mass is 10.0. The van der Waals surface area contributed by atoms with Crippen LogP contribution >= 0.6 is 0 Å². The van der Waals surface area contributed by atoms with Crippen LogP contribution in [0.4, 0.5) is 5.69 Å². The van der Waals surface area contributed by atoms with Crippen LogP contribution in [0.25, 0.3) is 10.8 Å². The molecule has 1 heterocycles. The number of anilines is 1. The van der Waals surface area contributed by atoms with Crippen molar-refractivity contribution < 1.29 is 9.90 Å². The molecular formula is C21H24N4O2. The molecule has 2 N–H and O–H groups in total. The van der Waals surface area contributed by atoms with Gasteiger partial charge in [-0.15, -0.1) is 0 Å². The molecule has 0 saturated carbocycles. The van der Waals surface area contributed by atoms with Crippen LogP contribution in [0.15, 0.2) is 48.2 Å². The van der Waals surface area contributed by atoms with E-state index in [1.165, 1.54) is 6.20 Å². The first-order valence-electron chi connectivity index (χ1n) is 9.04. The second kappa shape index (κ2) is 8.11. The number of nitrogens with one attached hydrogen (secondary N) is 1. The highest BCUT2D eigenvalue weighted by Crippen LogP contribution is 2.30. The zero-order valence-corrected chi connectivity index (χ0v) is 15.6. The number of carbonyl (C=O) groups is 1. The average Bonchev–Trinajstić information content (AvgIpc) is 2.69. The summed E-state index contributed by atoms with van der Waals surface area (Å²) in [6, 6.07) is 12.9. The first-order valence-corrected chi connectivity index (χ1v) is 9.04. The fraction of sp³-hybridized carbons (Fsp3) is 0.333. The molecule has 27 heavy (non-hydrogen) atoms. The SMILES string of the molecule is CN1CCC(N(C)C(=O)/C(C#N)=C\Nc2cccc3c(O)cccc23)CC1. The van der Waals surface area contributed by atoms with E-state index >= 15 is 0 Å². The van der Waals surface area contributed by atoms with Crippen molar-refractivity contribution in [1.29, 1.82) is 5.26 Å². The van der Waals surface area contributed by atoms with E-state index in [0.717, 1.165) is 37.0 Å². The number of amides is 1. The summed E-state index contributed by atoms with van der Waals surface area (Å²) < 4.78 is 0. The van der Waals surface area contributed by atoms with Gasteiger partial charge in [-0.2, -0.15) is 5.26 Å². The van der Waals surface area contributed by atoms with Crippen molar-refractivity contribution in [3.63, 3.8) is 0 Å². The van der Waals surface area contributed by atoms with Gasteiger partial charge in [0.25, 0.3) is 5.91 Å². The predicted molar refractivity (Wildman–Crippen MR) is 106 cm³/mol. The molecule has 1 aliphatic heterocycles. The Labute approximate surface area is 159 Å². The number of nitriles is 1. The fourth-order valence-corrected chi connectivity index (χ4v) is 3.45. The molecule has 2 aromatic carbocycles. The van der Waals surface area contributed by atoms with Crippen LogP contribution in [0, 0.1) is 11.3 Å². The third kappa shape index (κ3) is 4.04. The van der Waals surface area contributed by atoms with Gasteiger partial charge < -0.3 is 20.2 Å². The van der Waals surface area contributed by atoms with E-state index in [4.69, 9.17) is 0 Å². The Morgan fingerprint density at radius 1 is 1.26 bits per heavy atom. The van der Waals surface area contributed by atoms with Gasteiger partial charge in [0.2, 0.25) is 0 Å². The number of piperidine rings is 1. The number of benzene rings is 2. The van der Waals surface area contributed by atoms with Gasteiger partial charge in [-0.05, 0) is 45.1 Å². The molecule has 140 valence electrons. The zero-order valence-electron chi connectivity index (χ0n) is 15.6. The molecule has 0 unspecified atom stereocenters. The number of hydrogen-bond donors (Lipinski definition) is 2. The Balaban J connectivity index is 1.78. The van der Waals surface area contributed by atoms with E-state index in [-0.39, 0.29) is 23.3 Å². The molecular weight excluding hydrogens is 340 g/mol. The Hall–Kier alpha value is -3.04. The number of likely N-dealkylation sites (tertiary alicyclic amines) is 1. The summed E-state index contributed by atoms with van der Waals surface area (Å²) >= 11 is 0. The van der Waals surface area contributed by atoms with Crippen molar-refractivity contribution in [3.8, 4) is 11.8 Å².